The van der Waals surface area contributed by atoms with E-state index in [2.05, 4.69) is 10.1 Å². The molecule has 0 aliphatic carbocycles. The normalized spacial score (nSPS) is 17.0. The molecule has 1 heterocycles. The first kappa shape index (κ1) is 17.5. The second-order valence-corrected chi connectivity index (χ2v) is 5.76. The zero-order valence-corrected chi connectivity index (χ0v) is 13.3. The molecule has 0 radical (unpaired) electrons. The van der Waals surface area contributed by atoms with E-state index in [1.165, 1.54) is 30.0 Å². The second kappa shape index (κ2) is 7.59. The Labute approximate surface area is 137 Å². The lowest BCUT2D eigenvalue weighted by Crippen LogP contribution is -2.40. The van der Waals surface area contributed by atoms with Gasteiger partial charge in [0.25, 0.3) is 0 Å². The van der Waals surface area contributed by atoms with Gasteiger partial charge in [0.05, 0.1) is 5.56 Å². The van der Waals surface area contributed by atoms with Crippen LogP contribution in [0.1, 0.15) is 18.4 Å². The first-order chi connectivity index (χ1) is 11.0. The van der Waals surface area contributed by atoms with Crippen LogP contribution in [0.4, 0.5) is 13.2 Å². The van der Waals surface area contributed by atoms with Crippen molar-refractivity contribution in [2.24, 2.45) is 5.10 Å². The number of para-hydroxylation sites is 1. The molecule has 1 saturated heterocycles. The molecule has 1 aromatic carbocycles. The molecule has 0 unspecified atom stereocenters. The third-order valence-electron chi connectivity index (χ3n) is 3.52. The number of piperidine rings is 1. The van der Waals surface area contributed by atoms with Crippen molar-refractivity contribution in [3.8, 4) is 5.75 Å². The van der Waals surface area contributed by atoms with Crippen LogP contribution in [0.15, 0.2) is 29.4 Å². The van der Waals surface area contributed by atoms with E-state index in [4.69, 9.17) is 11.3 Å². The van der Waals surface area contributed by atoms with Gasteiger partial charge in [-0.1, -0.05) is 23.9 Å². The summed E-state index contributed by atoms with van der Waals surface area (Å²) in [4.78, 5) is 4.98. The molecule has 0 bridgehead atoms. The van der Waals surface area contributed by atoms with E-state index in [0.717, 1.165) is 6.07 Å². The highest BCUT2D eigenvalue weighted by molar-refractivity contribution is 8.13. The average Bonchev–Trinajstić information content (AvgIpc) is 2.53. The van der Waals surface area contributed by atoms with E-state index in [1.54, 1.807) is 0 Å². The molecule has 1 aliphatic rings. The molecule has 0 saturated carbocycles. The molecular weight excluding hydrogens is 327 g/mol. The highest BCUT2D eigenvalue weighted by Gasteiger charge is 2.35. The summed E-state index contributed by atoms with van der Waals surface area (Å²) in [6.07, 6.45) is -1.68. The van der Waals surface area contributed by atoms with Crippen LogP contribution in [-0.2, 0) is 6.18 Å². The topological polar surface area (TPSA) is 29.2 Å². The SMILES string of the molecule is [C-]#[N+]N=C(SC)N1CCC(Oc2ccccc2C(F)(F)F)CC1. The third-order valence-corrected chi connectivity index (χ3v) is 4.22. The van der Waals surface area contributed by atoms with E-state index < -0.39 is 11.7 Å². The summed E-state index contributed by atoms with van der Waals surface area (Å²) in [7, 11) is 0. The summed E-state index contributed by atoms with van der Waals surface area (Å²) < 4.78 is 44.5. The van der Waals surface area contributed by atoms with Crippen LogP contribution in [0.2, 0.25) is 0 Å². The number of likely N-dealkylation sites (tertiary alicyclic amines) is 1. The highest BCUT2D eigenvalue weighted by atomic mass is 32.2. The van der Waals surface area contributed by atoms with Gasteiger partial charge < -0.3 is 9.64 Å². The largest absolute Gasteiger partial charge is 0.490 e. The van der Waals surface area contributed by atoms with Crippen LogP contribution in [-0.4, -0.2) is 35.5 Å². The number of ether oxygens (including phenoxy) is 1. The molecule has 0 amide bonds. The Morgan fingerprint density at radius 1 is 1.35 bits per heavy atom. The van der Waals surface area contributed by atoms with E-state index >= 15 is 0 Å². The molecule has 23 heavy (non-hydrogen) atoms. The number of alkyl halides is 3. The summed E-state index contributed by atoms with van der Waals surface area (Å²) in [6.45, 7) is 8.00. The van der Waals surface area contributed by atoms with Gasteiger partial charge >= 0.3 is 6.18 Å². The summed E-state index contributed by atoms with van der Waals surface area (Å²) in [5.74, 6) is -0.127. The van der Waals surface area contributed by atoms with E-state index in [-0.39, 0.29) is 11.9 Å². The number of amidine groups is 1. The van der Waals surface area contributed by atoms with Crippen LogP contribution >= 0.6 is 11.8 Å². The van der Waals surface area contributed by atoms with Crippen molar-refractivity contribution < 1.29 is 17.9 Å². The van der Waals surface area contributed by atoms with Gasteiger partial charge in [0.1, 0.15) is 17.0 Å². The fourth-order valence-corrected chi connectivity index (χ4v) is 2.99. The van der Waals surface area contributed by atoms with Gasteiger partial charge in [-0.25, -0.2) is 0 Å². The van der Waals surface area contributed by atoms with Gasteiger partial charge in [0.15, 0.2) is 0 Å². The monoisotopic (exact) mass is 343 g/mol. The number of halogens is 3. The Balaban J connectivity index is 2.01. The van der Waals surface area contributed by atoms with Gasteiger partial charge in [-0.3, -0.25) is 0 Å². The molecule has 1 fully saturated rings. The van der Waals surface area contributed by atoms with Gasteiger partial charge in [0, 0.05) is 25.9 Å². The Bertz CT molecular complexity index is 605. The Morgan fingerprint density at radius 2 is 2.00 bits per heavy atom. The van der Waals surface area contributed by atoms with Crippen molar-refractivity contribution in [2.75, 3.05) is 19.3 Å². The number of rotatable bonds is 2. The maximum absolute atomic E-state index is 13.0. The number of hydrogen-bond donors (Lipinski definition) is 0. The van der Waals surface area contributed by atoms with Gasteiger partial charge in [-0.05, 0) is 18.4 Å². The lowest BCUT2D eigenvalue weighted by Gasteiger charge is -2.32. The average molecular weight is 343 g/mol. The zero-order valence-electron chi connectivity index (χ0n) is 12.5. The van der Waals surface area contributed by atoms with Gasteiger partial charge in [0.2, 0.25) is 5.17 Å². The summed E-state index contributed by atoms with van der Waals surface area (Å²) in [6, 6.07) is 5.26. The molecule has 0 spiro atoms. The minimum Gasteiger partial charge on any atom is -0.490 e. The Kier molecular flexibility index (Phi) is 5.77. The smallest absolute Gasteiger partial charge is 0.419 e. The summed E-state index contributed by atoms with van der Waals surface area (Å²) in [5, 5.41) is 4.36. The number of hydrogen-bond acceptors (Lipinski definition) is 3. The highest BCUT2D eigenvalue weighted by Crippen LogP contribution is 2.37. The molecule has 1 aliphatic heterocycles. The minimum atomic E-state index is -4.42. The number of nitrogens with zero attached hydrogens (tertiary/aromatic N) is 3. The molecule has 0 N–H and O–H groups in total. The summed E-state index contributed by atoms with van der Waals surface area (Å²) >= 11 is 1.38. The van der Waals surface area contributed by atoms with Crippen LogP contribution in [0, 0.1) is 6.57 Å². The molecule has 2 rings (SSSR count). The molecule has 124 valence electrons. The first-order valence-corrected chi connectivity index (χ1v) is 8.24. The van der Waals surface area contributed by atoms with Gasteiger partial charge in [-0.2, -0.15) is 19.7 Å². The fourth-order valence-electron chi connectivity index (χ4n) is 2.42. The Morgan fingerprint density at radius 3 is 2.57 bits per heavy atom. The van der Waals surface area contributed by atoms with Crippen molar-refractivity contribution in [1.82, 2.24) is 4.90 Å². The van der Waals surface area contributed by atoms with Gasteiger partial charge in [-0.15, -0.1) is 4.95 Å². The summed E-state index contributed by atoms with van der Waals surface area (Å²) in [5.41, 5.74) is -0.748. The van der Waals surface area contributed by atoms with Crippen molar-refractivity contribution in [2.45, 2.75) is 25.1 Å². The van der Waals surface area contributed by atoms with Crippen molar-refractivity contribution in [3.63, 3.8) is 0 Å². The fraction of sp³-hybridized carbons (Fsp3) is 0.467. The lowest BCUT2D eigenvalue weighted by molar-refractivity contribution is -0.139. The van der Waals surface area contributed by atoms with E-state index in [1.807, 2.05) is 11.2 Å². The molecular formula is C15H16F3N3OS. The van der Waals surface area contributed by atoms with Crippen molar-refractivity contribution in [1.29, 1.82) is 0 Å². The maximum atomic E-state index is 13.0. The molecule has 0 aromatic heterocycles. The third kappa shape index (κ3) is 4.55. The lowest BCUT2D eigenvalue weighted by atomic mass is 10.1. The van der Waals surface area contributed by atoms with E-state index in [9.17, 15) is 13.2 Å². The zero-order chi connectivity index (χ0) is 16.9. The predicted octanol–water partition coefficient (Wildman–Crippen LogP) is 4.10. The van der Waals surface area contributed by atoms with Crippen LogP contribution < -0.4 is 4.74 Å². The first-order valence-electron chi connectivity index (χ1n) is 7.02. The van der Waals surface area contributed by atoms with Crippen molar-refractivity contribution in [3.05, 3.63) is 41.4 Å². The predicted molar refractivity (Wildman–Crippen MR) is 84.2 cm³/mol. The van der Waals surface area contributed by atoms with Crippen LogP contribution in [0.3, 0.4) is 0 Å². The molecule has 1 aromatic rings. The Hall–Kier alpha value is -1.88. The number of thioether (sulfide) groups is 1. The molecule has 0 atom stereocenters. The standard InChI is InChI=1S/C15H16F3N3OS/c1-19-20-14(23-2)21-9-7-11(8-10-21)22-13-6-4-3-5-12(13)15(16,17)18/h3-6,11H,7-10H2,2H3. The molecule has 8 heteroatoms. The number of benzene rings is 1. The molecule has 4 nitrogen and oxygen atoms in total. The van der Waals surface area contributed by atoms with Crippen LogP contribution in [0.5, 0.6) is 5.75 Å². The van der Waals surface area contributed by atoms with E-state index in [0.29, 0.717) is 31.1 Å². The van der Waals surface area contributed by atoms with Crippen LogP contribution in [0.25, 0.3) is 4.95 Å². The minimum absolute atomic E-state index is 0.127. The quantitative estimate of drug-likeness (QED) is 0.350. The second-order valence-electron chi connectivity index (χ2n) is 4.98. The van der Waals surface area contributed by atoms with Crippen molar-refractivity contribution >= 4 is 16.9 Å². The maximum Gasteiger partial charge on any atom is 0.419 e.